The van der Waals surface area contributed by atoms with E-state index < -0.39 is 11.9 Å². The summed E-state index contributed by atoms with van der Waals surface area (Å²) in [6.45, 7) is 0. The normalized spacial score (nSPS) is 10.1. The van der Waals surface area contributed by atoms with E-state index in [1.165, 1.54) is 48.5 Å². The summed E-state index contributed by atoms with van der Waals surface area (Å²) in [6.07, 6.45) is 1.38. The molecular formula is C14H13N3O4. The van der Waals surface area contributed by atoms with Gasteiger partial charge in [-0.1, -0.05) is 0 Å². The van der Waals surface area contributed by atoms with E-state index in [-0.39, 0.29) is 22.4 Å². The molecule has 1 aromatic heterocycles. The van der Waals surface area contributed by atoms with Gasteiger partial charge in [-0.15, -0.1) is 0 Å². The number of rotatable bonds is 3. The minimum Gasteiger partial charge on any atom is -0.478 e. The molecule has 2 rings (SSSR count). The summed E-state index contributed by atoms with van der Waals surface area (Å²) in [6, 6.07) is 6.74. The second kappa shape index (κ2) is 5.49. The fraction of sp³-hybridized carbons (Fsp3) is 0.0714. The number of anilines is 2. The van der Waals surface area contributed by atoms with Crippen molar-refractivity contribution in [3.8, 4) is 0 Å². The van der Waals surface area contributed by atoms with Gasteiger partial charge in [0.15, 0.2) is 0 Å². The van der Waals surface area contributed by atoms with E-state index in [4.69, 9.17) is 10.8 Å². The molecule has 0 saturated heterocycles. The Balaban J connectivity index is 2.36. The Hall–Kier alpha value is -3.09. The van der Waals surface area contributed by atoms with Crippen LogP contribution in [-0.4, -0.2) is 29.0 Å². The SMILES string of the molecule is CN(C(=O)c1cc[nH]c(=O)c1)c1ccc(C(=O)O)cc1N. The van der Waals surface area contributed by atoms with E-state index in [0.717, 1.165) is 0 Å². The smallest absolute Gasteiger partial charge is 0.335 e. The molecule has 0 atom stereocenters. The van der Waals surface area contributed by atoms with E-state index in [2.05, 4.69) is 4.98 Å². The predicted octanol–water partition coefficient (Wildman–Crippen LogP) is 0.932. The number of carboxylic acid groups (broad SMARTS) is 1. The third-order valence-corrected chi connectivity index (χ3v) is 2.96. The van der Waals surface area contributed by atoms with Crippen LogP contribution in [0.5, 0.6) is 0 Å². The fourth-order valence-electron chi connectivity index (χ4n) is 1.87. The topological polar surface area (TPSA) is 116 Å². The Bertz CT molecular complexity index is 767. The lowest BCUT2D eigenvalue weighted by molar-refractivity contribution is 0.0697. The highest BCUT2D eigenvalue weighted by Gasteiger charge is 2.17. The lowest BCUT2D eigenvalue weighted by Crippen LogP contribution is -2.28. The van der Waals surface area contributed by atoms with Crippen LogP contribution in [0.2, 0.25) is 0 Å². The summed E-state index contributed by atoms with van der Waals surface area (Å²) >= 11 is 0. The molecule has 0 bridgehead atoms. The fourth-order valence-corrected chi connectivity index (χ4v) is 1.87. The lowest BCUT2D eigenvalue weighted by Gasteiger charge is -2.19. The van der Waals surface area contributed by atoms with Gasteiger partial charge in [0.05, 0.1) is 16.9 Å². The van der Waals surface area contributed by atoms with Crippen molar-refractivity contribution in [1.29, 1.82) is 0 Å². The Morgan fingerprint density at radius 1 is 1.19 bits per heavy atom. The molecule has 0 radical (unpaired) electrons. The first-order chi connectivity index (χ1) is 9.90. The summed E-state index contributed by atoms with van der Waals surface area (Å²) < 4.78 is 0. The number of benzene rings is 1. The number of nitrogens with zero attached hydrogens (tertiary/aromatic N) is 1. The van der Waals surface area contributed by atoms with Crippen LogP contribution in [-0.2, 0) is 0 Å². The molecule has 108 valence electrons. The Morgan fingerprint density at radius 3 is 2.48 bits per heavy atom. The van der Waals surface area contributed by atoms with Crippen LogP contribution in [0, 0.1) is 0 Å². The zero-order chi connectivity index (χ0) is 15.6. The van der Waals surface area contributed by atoms with E-state index in [0.29, 0.717) is 5.69 Å². The minimum atomic E-state index is -1.10. The van der Waals surface area contributed by atoms with Gasteiger partial charge in [-0.3, -0.25) is 9.59 Å². The van der Waals surface area contributed by atoms with Gasteiger partial charge in [-0.05, 0) is 24.3 Å². The monoisotopic (exact) mass is 287 g/mol. The third kappa shape index (κ3) is 2.92. The molecule has 0 aliphatic rings. The molecule has 1 amide bonds. The Kier molecular flexibility index (Phi) is 3.75. The second-order valence-electron chi connectivity index (χ2n) is 4.38. The molecule has 1 heterocycles. The van der Waals surface area contributed by atoms with Crippen LogP contribution >= 0.6 is 0 Å². The zero-order valence-corrected chi connectivity index (χ0v) is 11.2. The summed E-state index contributed by atoms with van der Waals surface area (Å²) in [5, 5.41) is 8.88. The van der Waals surface area contributed by atoms with Crippen molar-refractivity contribution in [2.45, 2.75) is 0 Å². The highest BCUT2D eigenvalue weighted by atomic mass is 16.4. The largest absolute Gasteiger partial charge is 0.478 e. The van der Waals surface area contributed by atoms with Crippen LogP contribution < -0.4 is 16.2 Å². The Morgan fingerprint density at radius 2 is 1.90 bits per heavy atom. The maximum atomic E-state index is 12.3. The van der Waals surface area contributed by atoms with Crippen LogP contribution in [0.15, 0.2) is 41.3 Å². The van der Waals surface area contributed by atoms with Crippen molar-refractivity contribution in [2.75, 3.05) is 17.7 Å². The molecule has 0 aliphatic heterocycles. The predicted molar refractivity (Wildman–Crippen MR) is 77.6 cm³/mol. The molecule has 4 N–H and O–H groups in total. The standard InChI is InChI=1S/C14H13N3O4/c1-17(13(19)8-4-5-16-12(18)7-8)11-3-2-9(14(20)21)6-10(11)15/h2-7H,15H2,1H3,(H,16,18)(H,20,21). The van der Waals surface area contributed by atoms with Crippen molar-refractivity contribution >= 4 is 23.3 Å². The van der Waals surface area contributed by atoms with Gasteiger partial charge in [0, 0.05) is 24.9 Å². The molecule has 0 fully saturated rings. The number of aromatic nitrogens is 1. The highest BCUT2D eigenvalue weighted by molar-refractivity contribution is 6.07. The van der Waals surface area contributed by atoms with Gasteiger partial charge in [0.2, 0.25) is 5.56 Å². The van der Waals surface area contributed by atoms with Crippen LogP contribution in [0.25, 0.3) is 0 Å². The van der Waals surface area contributed by atoms with E-state index in [1.807, 2.05) is 0 Å². The second-order valence-corrected chi connectivity index (χ2v) is 4.38. The molecule has 1 aromatic carbocycles. The van der Waals surface area contributed by atoms with Crippen molar-refractivity contribution in [3.05, 3.63) is 58.0 Å². The summed E-state index contributed by atoms with van der Waals surface area (Å²) in [5.74, 6) is -1.52. The molecule has 0 unspecified atom stereocenters. The number of hydrogen-bond donors (Lipinski definition) is 3. The van der Waals surface area contributed by atoms with Crippen molar-refractivity contribution < 1.29 is 14.7 Å². The highest BCUT2D eigenvalue weighted by Crippen LogP contribution is 2.24. The van der Waals surface area contributed by atoms with E-state index in [9.17, 15) is 14.4 Å². The first-order valence-electron chi connectivity index (χ1n) is 6.00. The average molecular weight is 287 g/mol. The number of H-pyrrole nitrogens is 1. The molecular weight excluding hydrogens is 274 g/mol. The van der Waals surface area contributed by atoms with Crippen molar-refractivity contribution in [3.63, 3.8) is 0 Å². The zero-order valence-electron chi connectivity index (χ0n) is 11.2. The molecule has 0 aliphatic carbocycles. The summed E-state index contributed by atoms with van der Waals surface area (Å²) in [5.41, 5.74) is 6.17. The molecule has 7 heteroatoms. The summed E-state index contributed by atoms with van der Waals surface area (Å²) in [7, 11) is 1.50. The average Bonchev–Trinajstić information content (AvgIpc) is 2.45. The van der Waals surface area contributed by atoms with Gasteiger partial charge in [0.25, 0.3) is 5.91 Å². The lowest BCUT2D eigenvalue weighted by atomic mass is 10.1. The van der Waals surface area contributed by atoms with Gasteiger partial charge in [0.1, 0.15) is 0 Å². The first kappa shape index (κ1) is 14.3. The number of aromatic carboxylic acids is 1. The van der Waals surface area contributed by atoms with Crippen LogP contribution in [0.4, 0.5) is 11.4 Å². The van der Waals surface area contributed by atoms with E-state index >= 15 is 0 Å². The minimum absolute atomic E-state index is 0.0354. The summed E-state index contributed by atoms with van der Waals surface area (Å²) in [4.78, 5) is 38.0. The maximum Gasteiger partial charge on any atom is 0.335 e. The number of carbonyl (C=O) groups is 2. The molecule has 0 saturated carbocycles. The van der Waals surface area contributed by atoms with Crippen LogP contribution in [0.1, 0.15) is 20.7 Å². The van der Waals surface area contributed by atoms with Gasteiger partial charge >= 0.3 is 5.97 Å². The number of nitrogens with two attached hydrogens (primary N) is 1. The maximum absolute atomic E-state index is 12.3. The quantitative estimate of drug-likeness (QED) is 0.726. The number of carboxylic acids is 1. The number of aromatic amines is 1. The van der Waals surface area contributed by atoms with Gasteiger partial charge in [-0.25, -0.2) is 4.79 Å². The number of amides is 1. The third-order valence-electron chi connectivity index (χ3n) is 2.96. The van der Waals surface area contributed by atoms with Gasteiger partial charge < -0.3 is 20.7 Å². The number of nitrogen functional groups attached to an aromatic ring is 1. The first-order valence-corrected chi connectivity index (χ1v) is 6.00. The number of nitrogens with one attached hydrogen (secondary N) is 1. The van der Waals surface area contributed by atoms with Crippen LogP contribution in [0.3, 0.4) is 0 Å². The van der Waals surface area contributed by atoms with Crippen molar-refractivity contribution in [1.82, 2.24) is 4.98 Å². The molecule has 0 spiro atoms. The molecule has 2 aromatic rings. The Labute approximate surface area is 119 Å². The van der Waals surface area contributed by atoms with Gasteiger partial charge in [-0.2, -0.15) is 0 Å². The van der Waals surface area contributed by atoms with E-state index in [1.54, 1.807) is 0 Å². The molecule has 21 heavy (non-hydrogen) atoms. The molecule has 7 nitrogen and oxygen atoms in total. The number of hydrogen-bond acceptors (Lipinski definition) is 4. The number of carbonyl (C=O) groups excluding carboxylic acids is 1. The number of pyridine rings is 1. The van der Waals surface area contributed by atoms with Crippen molar-refractivity contribution in [2.24, 2.45) is 0 Å².